The number of likely N-dealkylation sites (tertiary alicyclic amines) is 1. The molecule has 1 saturated heterocycles. The number of fused-ring (bicyclic) bond motifs is 1. The van der Waals surface area contributed by atoms with Crippen LogP contribution in [0.5, 0.6) is 11.5 Å². The average molecular weight is 946 g/mol. The molecule has 1 aliphatic rings. The van der Waals surface area contributed by atoms with Crippen molar-refractivity contribution in [1.29, 1.82) is 5.26 Å². The van der Waals surface area contributed by atoms with Gasteiger partial charge < -0.3 is 32.7 Å². The Balaban J connectivity index is 1.22. The van der Waals surface area contributed by atoms with Gasteiger partial charge in [-0.15, -0.1) is 0 Å². The van der Waals surface area contributed by atoms with E-state index in [0.717, 1.165) is 35.2 Å². The lowest BCUT2D eigenvalue weighted by atomic mass is 9.80. The van der Waals surface area contributed by atoms with E-state index in [4.69, 9.17) is 23.3 Å². The molecular formula is C54H68N5O8P. The highest BCUT2D eigenvalue weighted by Crippen LogP contribution is 2.49. The van der Waals surface area contributed by atoms with Crippen molar-refractivity contribution in [3.05, 3.63) is 135 Å². The summed E-state index contributed by atoms with van der Waals surface area (Å²) in [5.41, 5.74) is 2.92. The number of pyridine rings is 2. The molecule has 1 amide bonds. The van der Waals surface area contributed by atoms with Gasteiger partial charge in [-0.25, -0.2) is 9.65 Å². The van der Waals surface area contributed by atoms with Crippen LogP contribution in [0, 0.1) is 18.3 Å². The van der Waals surface area contributed by atoms with Crippen LogP contribution in [0.4, 0.5) is 0 Å². The molecule has 2 unspecified atom stereocenters. The lowest BCUT2D eigenvalue weighted by Crippen LogP contribution is -2.42. The predicted octanol–water partition coefficient (Wildman–Crippen LogP) is 10.5. The van der Waals surface area contributed by atoms with Crippen molar-refractivity contribution >= 4 is 31.3 Å². The number of rotatable bonds is 25. The number of amides is 1. The summed E-state index contributed by atoms with van der Waals surface area (Å²) < 4.78 is 35.8. The number of hydrogen-bond acceptors (Lipinski definition) is 11. The van der Waals surface area contributed by atoms with E-state index in [1.54, 1.807) is 32.5 Å². The molecule has 3 atom stereocenters. The van der Waals surface area contributed by atoms with Crippen LogP contribution >= 0.6 is 8.53 Å². The molecule has 5 aromatic rings. The van der Waals surface area contributed by atoms with Gasteiger partial charge in [0.1, 0.15) is 22.7 Å². The monoisotopic (exact) mass is 945 g/mol. The molecule has 6 rings (SSSR count). The average Bonchev–Trinajstić information content (AvgIpc) is 3.75. The normalized spacial score (nSPS) is 15.6. The van der Waals surface area contributed by atoms with Crippen molar-refractivity contribution in [1.82, 2.24) is 19.1 Å². The molecule has 13 nitrogen and oxygen atoms in total. The predicted molar refractivity (Wildman–Crippen MR) is 267 cm³/mol. The molecule has 0 saturated carbocycles. The maximum atomic E-state index is 14.5. The third-order valence-corrected chi connectivity index (χ3v) is 14.7. The minimum atomic E-state index is -1.56. The van der Waals surface area contributed by atoms with E-state index in [2.05, 4.69) is 55.6 Å². The number of methoxy groups -OCH3 is 2. The van der Waals surface area contributed by atoms with E-state index in [0.29, 0.717) is 61.3 Å². The highest BCUT2D eigenvalue weighted by Gasteiger charge is 2.43. The fourth-order valence-corrected chi connectivity index (χ4v) is 10.8. The van der Waals surface area contributed by atoms with Crippen LogP contribution in [0.1, 0.15) is 119 Å². The molecule has 2 aromatic heterocycles. The zero-order valence-corrected chi connectivity index (χ0v) is 41.9. The smallest absolute Gasteiger partial charge is 0.259 e. The Bertz CT molecular complexity index is 2470. The molecule has 0 N–H and O–H groups in total. The summed E-state index contributed by atoms with van der Waals surface area (Å²) in [7, 11) is 1.73. The maximum Gasteiger partial charge on any atom is 0.259 e. The van der Waals surface area contributed by atoms with Crippen molar-refractivity contribution in [2.75, 3.05) is 34.0 Å². The molecule has 1 aliphatic heterocycles. The van der Waals surface area contributed by atoms with Crippen LogP contribution < -0.4 is 14.9 Å². The number of ketones is 1. The number of hydrogen-bond donors (Lipinski definition) is 0. The number of Topliss-reactive ketones (excluding diaryl/α,β-unsaturated/α-hetero) is 1. The number of carbonyl (C=O) groups excluding carboxylic acids is 2. The molecule has 68 heavy (non-hydrogen) atoms. The lowest BCUT2D eigenvalue weighted by Gasteiger charge is -2.38. The zero-order chi connectivity index (χ0) is 48.8. The van der Waals surface area contributed by atoms with Gasteiger partial charge >= 0.3 is 0 Å². The van der Waals surface area contributed by atoms with E-state index in [1.165, 1.54) is 0 Å². The van der Waals surface area contributed by atoms with Gasteiger partial charge in [0.15, 0.2) is 5.78 Å². The van der Waals surface area contributed by atoms with Gasteiger partial charge in [0.25, 0.3) is 8.53 Å². The summed E-state index contributed by atoms with van der Waals surface area (Å²) in [5, 5.41) is 9.81. The molecule has 0 bridgehead atoms. The quantitative estimate of drug-likeness (QED) is 0.0238. The third kappa shape index (κ3) is 12.4. The lowest BCUT2D eigenvalue weighted by molar-refractivity contribution is -0.134. The van der Waals surface area contributed by atoms with Gasteiger partial charge in [0, 0.05) is 49.9 Å². The molecule has 0 spiro atoms. The molecule has 0 aliphatic carbocycles. The molecule has 0 radical (unpaired) electrons. The first-order valence-electron chi connectivity index (χ1n) is 23.9. The second-order valence-corrected chi connectivity index (χ2v) is 19.3. The fourth-order valence-electron chi connectivity index (χ4n) is 9.12. The number of ether oxygens (including phenoxy) is 3. The van der Waals surface area contributed by atoms with Gasteiger partial charge in [-0.05, 0) is 114 Å². The van der Waals surface area contributed by atoms with E-state index in [9.17, 15) is 19.6 Å². The van der Waals surface area contributed by atoms with Crippen LogP contribution in [0.25, 0.3) is 11.0 Å². The van der Waals surface area contributed by atoms with Crippen LogP contribution in [-0.2, 0) is 30.7 Å². The van der Waals surface area contributed by atoms with Crippen LogP contribution in [0.3, 0.4) is 0 Å². The Kier molecular flexibility index (Phi) is 18.8. The Morgan fingerprint density at radius 2 is 1.46 bits per heavy atom. The summed E-state index contributed by atoms with van der Waals surface area (Å²) in [6, 6.07) is 31.5. The SMILES string of the molecule is CCn1cc(C(=O)CCCCCCC(=O)N2CC(OP(OCCC#N)N(C(C)C)C(C)C)C[C@H]2COC(c2ccccc2)(c2ccc(OC)cc2)c2ccc(OC)cc2)c(=O)c2ccc(C)nc21. The van der Waals surface area contributed by atoms with Gasteiger partial charge in [-0.3, -0.25) is 14.4 Å². The number of nitrogens with zero attached hydrogens (tertiary/aromatic N) is 5. The Labute approximate surface area is 403 Å². The second kappa shape index (κ2) is 24.7. The van der Waals surface area contributed by atoms with Crippen molar-refractivity contribution in [3.8, 4) is 17.6 Å². The molecular weight excluding hydrogens is 878 g/mol. The minimum Gasteiger partial charge on any atom is -0.497 e. The Morgan fingerprint density at radius 3 is 2.03 bits per heavy atom. The van der Waals surface area contributed by atoms with Crippen molar-refractivity contribution in [2.45, 2.75) is 129 Å². The number of carbonyl (C=O) groups is 2. The van der Waals surface area contributed by atoms with E-state index >= 15 is 0 Å². The third-order valence-electron chi connectivity index (χ3n) is 12.5. The minimum absolute atomic E-state index is 0.000546. The summed E-state index contributed by atoms with van der Waals surface area (Å²) in [6.45, 7) is 13.6. The Hall–Kier alpha value is -5.48. The first-order valence-corrected chi connectivity index (χ1v) is 25.0. The molecule has 1 fully saturated rings. The van der Waals surface area contributed by atoms with Crippen LogP contribution in [0.2, 0.25) is 0 Å². The Morgan fingerprint density at radius 1 is 0.853 bits per heavy atom. The van der Waals surface area contributed by atoms with E-state index in [-0.39, 0.29) is 73.0 Å². The van der Waals surface area contributed by atoms with Crippen molar-refractivity contribution in [3.63, 3.8) is 0 Å². The van der Waals surface area contributed by atoms with Gasteiger partial charge in [0.05, 0.1) is 63.0 Å². The summed E-state index contributed by atoms with van der Waals surface area (Å²) >= 11 is 0. The summed E-state index contributed by atoms with van der Waals surface area (Å²) in [4.78, 5) is 47.7. The molecule has 14 heteroatoms. The van der Waals surface area contributed by atoms with Crippen LogP contribution in [0.15, 0.2) is 102 Å². The summed E-state index contributed by atoms with van der Waals surface area (Å²) in [5.74, 6) is 1.25. The largest absolute Gasteiger partial charge is 0.497 e. The summed E-state index contributed by atoms with van der Waals surface area (Å²) in [6.07, 6.45) is 5.33. The highest BCUT2D eigenvalue weighted by molar-refractivity contribution is 7.44. The van der Waals surface area contributed by atoms with Crippen LogP contribution in [-0.4, -0.2) is 89.0 Å². The standard InChI is InChI=1S/C54H68N5O8P/c1-9-57-36-49(52(62)48-31-22-40(6)56-53(48)57)50(60)20-15-10-11-16-21-51(61)58-35-47(67-68(66-33-17-32-55)59(38(2)3)39(4)5)34-44(58)37-65-54(41-18-13-12-14-19-41,42-23-27-45(63-7)28-24-42)43-25-29-46(64-8)30-26-43/h12-14,18-19,22-31,36,38-39,44,47H,9-11,15-17,20-21,33-35,37H2,1-8H3/t44-,47?,68?/m0/s1. The van der Waals surface area contributed by atoms with Gasteiger partial charge in [-0.2, -0.15) is 5.26 Å². The first-order chi connectivity index (χ1) is 32.8. The van der Waals surface area contributed by atoms with Gasteiger partial charge in [-0.1, -0.05) is 67.4 Å². The van der Waals surface area contributed by atoms with Gasteiger partial charge in [0.2, 0.25) is 11.3 Å². The first kappa shape index (κ1) is 51.9. The number of nitriles is 1. The number of unbranched alkanes of at least 4 members (excludes halogenated alkanes) is 3. The van der Waals surface area contributed by atoms with E-state index < -0.39 is 14.1 Å². The van der Waals surface area contributed by atoms with Crippen molar-refractivity contribution < 1.29 is 32.8 Å². The molecule has 362 valence electrons. The number of aromatic nitrogens is 2. The van der Waals surface area contributed by atoms with Crippen molar-refractivity contribution in [2.24, 2.45) is 0 Å². The number of benzene rings is 3. The zero-order valence-electron chi connectivity index (χ0n) is 41.0. The fraction of sp³-hybridized carbons (Fsp3) is 0.463. The van der Waals surface area contributed by atoms with E-state index in [1.807, 2.05) is 90.0 Å². The second-order valence-electron chi connectivity index (χ2n) is 17.8. The maximum absolute atomic E-state index is 14.5. The highest BCUT2D eigenvalue weighted by atomic mass is 31.2. The molecule has 3 aromatic carbocycles. The topological polar surface area (TPSA) is 145 Å². The molecule has 3 heterocycles. The number of aryl methyl sites for hydroxylation is 2.